The normalized spacial score (nSPS) is 10.0. The van der Waals surface area contributed by atoms with Crippen LogP contribution >= 0.6 is 12.6 Å². The number of carbonyl (C=O) groups is 2. The van der Waals surface area contributed by atoms with Gasteiger partial charge in [0.05, 0.1) is 0 Å². The second-order valence-corrected chi connectivity index (χ2v) is 4.09. The van der Waals surface area contributed by atoms with Crippen molar-refractivity contribution in [2.75, 3.05) is 0 Å². The summed E-state index contributed by atoms with van der Waals surface area (Å²) in [5, 5.41) is -0.140. The Labute approximate surface area is 95.1 Å². The minimum atomic E-state index is -0.140. The third-order valence-corrected chi connectivity index (χ3v) is 2.27. The van der Waals surface area contributed by atoms with Gasteiger partial charge < -0.3 is 4.79 Å². The van der Waals surface area contributed by atoms with Crippen molar-refractivity contribution in [3.05, 3.63) is 35.4 Å². The first-order valence-electron chi connectivity index (χ1n) is 4.87. The maximum Gasteiger partial charge on any atom is 0.190 e. The van der Waals surface area contributed by atoms with Crippen LogP contribution in [0.3, 0.4) is 0 Å². The number of ketones is 1. The van der Waals surface area contributed by atoms with Crippen molar-refractivity contribution >= 4 is 23.5 Å². The Morgan fingerprint density at radius 1 is 1.27 bits per heavy atom. The fourth-order valence-corrected chi connectivity index (χ4v) is 1.57. The molecule has 80 valence electrons. The average molecular weight is 222 g/mol. The van der Waals surface area contributed by atoms with Crippen LogP contribution in [0.5, 0.6) is 0 Å². The van der Waals surface area contributed by atoms with Crippen LogP contribution in [-0.2, 0) is 22.4 Å². The summed E-state index contributed by atoms with van der Waals surface area (Å²) in [6, 6.07) is 7.72. The summed E-state index contributed by atoms with van der Waals surface area (Å²) >= 11 is 3.74. The minimum absolute atomic E-state index is 0.140. The molecule has 0 aliphatic heterocycles. The van der Waals surface area contributed by atoms with Gasteiger partial charge in [0, 0.05) is 12.8 Å². The molecule has 0 spiro atoms. The third-order valence-electron chi connectivity index (χ3n) is 2.11. The topological polar surface area (TPSA) is 34.1 Å². The summed E-state index contributed by atoms with van der Waals surface area (Å²) < 4.78 is 0. The first-order chi connectivity index (χ1) is 7.08. The molecule has 0 N–H and O–H groups in total. The number of Topliss-reactive ketones (excluding diaryl/α,β-unsaturated/α-hetero) is 1. The second kappa shape index (κ2) is 5.71. The standard InChI is InChI=1S/C12H14O2S/c1-9(13)5-6-10-3-2-4-11(7-10)8-12(14)15/h2-4,7H,5-6,8H2,1H3,(H,14,15). The van der Waals surface area contributed by atoms with Crippen molar-refractivity contribution < 1.29 is 9.59 Å². The Morgan fingerprint density at radius 2 is 1.93 bits per heavy atom. The van der Waals surface area contributed by atoms with Gasteiger partial charge in [-0.15, -0.1) is 12.6 Å². The highest BCUT2D eigenvalue weighted by molar-refractivity contribution is 7.96. The molecule has 15 heavy (non-hydrogen) atoms. The van der Waals surface area contributed by atoms with Crippen LogP contribution < -0.4 is 0 Å². The van der Waals surface area contributed by atoms with E-state index in [-0.39, 0.29) is 10.9 Å². The zero-order chi connectivity index (χ0) is 11.3. The van der Waals surface area contributed by atoms with Crippen molar-refractivity contribution in [2.24, 2.45) is 0 Å². The quantitative estimate of drug-likeness (QED) is 0.775. The lowest BCUT2D eigenvalue weighted by molar-refractivity contribution is -0.117. The van der Waals surface area contributed by atoms with Crippen molar-refractivity contribution in [3.8, 4) is 0 Å². The maximum atomic E-state index is 10.8. The summed E-state index contributed by atoms with van der Waals surface area (Å²) in [6.45, 7) is 1.58. The van der Waals surface area contributed by atoms with Gasteiger partial charge in [0.2, 0.25) is 0 Å². The van der Waals surface area contributed by atoms with E-state index >= 15 is 0 Å². The van der Waals surface area contributed by atoms with Gasteiger partial charge in [-0.3, -0.25) is 4.79 Å². The summed E-state index contributed by atoms with van der Waals surface area (Å²) in [5.74, 6) is 0.186. The Morgan fingerprint density at radius 3 is 2.53 bits per heavy atom. The minimum Gasteiger partial charge on any atom is -0.300 e. The molecule has 0 bridgehead atoms. The van der Waals surface area contributed by atoms with Crippen molar-refractivity contribution in [1.82, 2.24) is 0 Å². The summed E-state index contributed by atoms with van der Waals surface area (Å²) in [4.78, 5) is 21.6. The molecule has 1 aromatic rings. The predicted molar refractivity (Wildman–Crippen MR) is 63.1 cm³/mol. The second-order valence-electron chi connectivity index (χ2n) is 3.59. The molecule has 0 unspecified atom stereocenters. The lowest BCUT2D eigenvalue weighted by atomic mass is 10.0. The Hall–Kier alpha value is -1.09. The number of hydrogen-bond acceptors (Lipinski definition) is 2. The number of benzene rings is 1. The molecule has 3 heteroatoms. The van der Waals surface area contributed by atoms with E-state index in [0.717, 1.165) is 17.5 Å². The van der Waals surface area contributed by atoms with Crippen LogP contribution in [0.2, 0.25) is 0 Å². The molecule has 1 aromatic carbocycles. The fraction of sp³-hybridized carbons (Fsp3) is 0.333. The zero-order valence-electron chi connectivity index (χ0n) is 8.69. The van der Waals surface area contributed by atoms with Gasteiger partial charge >= 0.3 is 0 Å². The third kappa shape index (κ3) is 4.79. The van der Waals surface area contributed by atoms with Crippen molar-refractivity contribution in [2.45, 2.75) is 26.2 Å². The van der Waals surface area contributed by atoms with E-state index in [1.807, 2.05) is 24.3 Å². The molecule has 0 amide bonds. The van der Waals surface area contributed by atoms with Crippen LogP contribution in [0, 0.1) is 0 Å². The largest absolute Gasteiger partial charge is 0.300 e. The molecule has 1 rings (SSSR count). The first kappa shape index (κ1) is 12.0. The van der Waals surface area contributed by atoms with Crippen LogP contribution in [0.15, 0.2) is 24.3 Å². The van der Waals surface area contributed by atoms with Crippen molar-refractivity contribution in [1.29, 1.82) is 0 Å². The lowest BCUT2D eigenvalue weighted by Gasteiger charge is -2.02. The highest BCUT2D eigenvalue weighted by atomic mass is 32.1. The summed E-state index contributed by atoms with van der Waals surface area (Å²) in [7, 11) is 0. The average Bonchev–Trinajstić information content (AvgIpc) is 2.14. The number of hydrogen-bond donors (Lipinski definition) is 1. The number of carbonyl (C=O) groups excluding carboxylic acids is 2. The zero-order valence-corrected chi connectivity index (χ0v) is 9.59. The molecule has 0 atom stereocenters. The smallest absolute Gasteiger partial charge is 0.190 e. The Balaban J connectivity index is 2.65. The van der Waals surface area contributed by atoms with E-state index in [1.54, 1.807) is 6.92 Å². The highest BCUT2D eigenvalue weighted by Crippen LogP contribution is 2.09. The first-order valence-corrected chi connectivity index (χ1v) is 5.31. The van der Waals surface area contributed by atoms with E-state index in [1.165, 1.54) is 0 Å². The van der Waals surface area contributed by atoms with Crippen LogP contribution in [-0.4, -0.2) is 10.9 Å². The van der Waals surface area contributed by atoms with Crippen LogP contribution in [0.1, 0.15) is 24.5 Å². The fourth-order valence-electron chi connectivity index (χ4n) is 1.39. The molecular weight excluding hydrogens is 208 g/mol. The summed E-state index contributed by atoms with van der Waals surface area (Å²) in [6.07, 6.45) is 1.64. The molecule has 0 aliphatic carbocycles. The molecule has 0 aromatic heterocycles. The van der Waals surface area contributed by atoms with E-state index in [9.17, 15) is 9.59 Å². The van der Waals surface area contributed by atoms with E-state index in [0.29, 0.717) is 12.8 Å². The SMILES string of the molecule is CC(=O)CCc1cccc(CC(=O)S)c1. The number of rotatable bonds is 5. The van der Waals surface area contributed by atoms with Gasteiger partial charge in [0.15, 0.2) is 5.12 Å². The number of thiol groups is 1. The van der Waals surface area contributed by atoms with Gasteiger partial charge in [0.25, 0.3) is 0 Å². The lowest BCUT2D eigenvalue weighted by Crippen LogP contribution is -1.97. The predicted octanol–water partition coefficient (Wildman–Crippen LogP) is 2.21. The number of aryl methyl sites for hydroxylation is 1. The van der Waals surface area contributed by atoms with E-state index in [2.05, 4.69) is 12.6 Å². The van der Waals surface area contributed by atoms with Crippen LogP contribution in [0.25, 0.3) is 0 Å². The molecule has 0 heterocycles. The molecule has 0 saturated carbocycles. The highest BCUT2D eigenvalue weighted by Gasteiger charge is 2.01. The summed E-state index contributed by atoms with van der Waals surface area (Å²) in [5.41, 5.74) is 2.05. The monoisotopic (exact) mass is 222 g/mol. The van der Waals surface area contributed by atoms with Crippen molar-refractivity contribution in [3.63, 3.8) is 0 Å². The molecule has 2 nitrogen and oxygen atoms in total. The molecular formula is C12H14O2S. The van der Waals surface area contributed by atoms with Gasteiger partial charge in [0.1, 0.15) is 5.78 Å². The molecule has 0 saturated heterocycles. The molecule has 0 aliphatic rings. The maximum absolute atomic E-state index is 10.8. The van der Waals surface area contributed by atoms with Gasteiger partial charge in [-0.25, -0.2) is 0 Å². The van der Waals surface area contributed by atoms with E-state index in [4.69, 9.17) is 0 Å². The molecule has 0 fully saturated rings. The molecule has 0 radical (unpaired) electrons. The Kier molecular flexibility index (Phi) is 4.56. The van der Waals surface area contributed by atoms with Crippen LogP contribution in [0.4, 0.5) is 0 Å². The van der Waals surface area contributed by atoms with Gasteiger partial charge in [-0.1, -0.05) is 24.3 Å². The van der Waals surface area contributed by atoms with Gasteiger partial charge in [-0.2, -0.15) is 0 Å². The van der Waals surface area contributed by atoms with Gasteiger partial charge in [-0.05, 0) is 24.5 Å². The Bertz CT molecular complexity index is 372. The van der Waals surface area contributed by atoms with E-state index < -0.39 is 0 Å².